The first-order valence-electron chi connectivity index (χ1n) is 11.4. The average Bonchev–Trinajstić information content (AvgIpc) is 3.35. The molecule has 0 fully saturated rings. The maximum Gasteiger partial charge on any atom is 0.319 e. The number of nitrogens with one attached hydrogen (secondary N) is 4. The van der Waals surface area contributed by atoms with Gasteiger partial charge in [0.1, 0.15) is 5.82 Å². The van der Waals surface area contributed by atoms with Crippen molar-refractivity contribution in [2.24, 2.45) is 0 Å². The Morgan fingerprint density at radius 1 is 1.08 bits per heavy atom. The molecule has 11 heteroatoms. The van der Waals surface area contributed by atoms with Crippen LogP contribution in [-0.2, 0) is 11.3 Å². The number of anilines is 1. The highest BCUT2D eigenvalue weighted by Crippen LogP contribution is 2.35. The molecule has 188 valence electrons. The van der Waals surface area contributed by atoms with Crippen molar-refractivity contribution < 1.29 is 28.2 Å². The summed E-state index contributed by atoms with van der Waals surface area (Å²) in [6.07, 6.45) is 1.59. The van der Waals surface area contributed by atoms with E-state index in [1.54, 1.807) is 49.5 Å². The molecule has 2 aromatic carbocycles. The highest BCUT2D eigenvalue weighted by molar-refractivity contribution is 6.07. The molecule has 4 N–H and O–H groups in total. The number of halogens is 1. The third-order valence-electron chi connectivity index (χ3n) is 5.87. The lowest BCUT2D eigenvalue weighted by Gasteiger charge is -2.29. The number of allylic oxidation sites excluding steroid dienone is 1. The molecule has 0 aliphatic carbocycles. The van der Waals surface area contributed by atoms with Crippen LogP contribution in [0.2, 0.25) is 0 Å². The van der Waals surface area contributed by atoms with E-state index in [0.717, 1.165) is 6.07 Å². The van der Waals surface area contributed by atoms with E-state index >= 15 is 0 Å². The number of aromatic nitrogens is 1. The van der Waals surface area contributed by atoms with Gasteiger partial charge in [0, 0.05) is 23.6 Å². The van der Waals surface area contributed by atoms with Crippen LogP contribution >= 0.6 is 0 Å². The summed E-state index contributed by atoms with van der Waals surface area (Å²) in [5.74, 6) is -0.834. The minimum Gasteiger partial charge on any atom is -0.454 e. The van der Waals surface area contributed by atoms with Crippen LogP contribution in [-0.4, -0.2) is 29.6 Å². The number of carbonyl (C=O) groups is 3. The number of fused-ring (bicyclic) bond motifs is 1. The molecule has 2 aliphatic heterocycles. The zero-order valence-electron chi connectivity index (χ0n) is 19.6. The number of pyridine rings is 1. The van der Waals surface area contributed by atoms with Crippen molar-refractivity contribution in [3.05, 3.63) is 94.7 Å². The molecular weight excluding hydrogens is 481 g/mol. The van der Waals surface area contributed by atoms with E-state index in [1.807, 2.05) is 0 Å². The predicted octanol–water partition coefficient (Wildman–Crippen LogP) is 3.15. The summed E-state index contributed by atoms with van der Waals surface area (Å²) in [5, 5.41) is 10.7. The maximum absolute atomic E-state index is 14.6. The van der Waals surface area contributed by atoms with Crippen molar-refractivity contribution in [2.45, 2.75) is 19.5 Å². The molecule has 0 radical (unpaired) electrons. The minimum absolute atomic E-state index is 0.0946. The molecular formula is C26H22FN5O5. The van der Waals surface area contributed by atoms with E-state index < -0.39 is 29.7 Å². The van der Waals surface area contributed by atoms with Crippen LogP contribution < -0.4 is 30.7 Å². The van der Waals surface area contributed by atoms with Crippen LogP contribution in [0.15, 0.2) is 72.1 Å². The van der Waals surface area contributed by atoms with Gasteiger partial charge in [0.15, 0.2) is 11.5 Å². The van der Waals surface area contributed by atoms with Gasteiger partial charge in [-0.1, -0.05) is 12.1 Å². The summed E-state index contributed by atoms with van der Waals surface area (Å²) in [6.45, 7) is 1.79. The number of ether oxygens (including phenoxy) is 2. The summed E-state index contributed by atoms with van der Waals surface area (Å²) in [7, 11) is 0. The van der Waals surface area contributed by atoms with Crippen LogP contribution in [0.3, 0.4) is 0 Å². The van der Waals surface area contributed by atoms with Gasteiger partial charge >= 0.3 is 6.03 Å². The van der Waals surface area contributed by atoms with E-state index in [1.165, 1.54) is 12.1 Å². The van der Waals surface area contributed by atoms with Crippen molar-refractivity contribution in [3.8, 4) is 11.5 Å². The van der Waals surface area contributed by atoms with Crippen LogP contribution in [0.4, 0.5) is 14.9 Å². The fourth-order valence-corrected chi connectivity index (χ4v) is 4.08. The van der Waals surface area contributed by atoms with E-state index in [4.69, 9.17) is 9.47 Å². The number of hydrogen-bond donors (Lipinski definition) is 4. The fourth-order valence-electron chi connectivity index (χ4n) is 4.08. The summed E-state index contributed by atoms with van der Waals surface area (Å²) in [6, 6.07) is 12.6. The van der Waals surface area contributed by atoms with Crippen LogP contribution in [0, 0.1) is 5.82 Å². The second kappa shape index (κ2) is 9.97. The Kier molecular flexibility index (Phi) is 6.42. The summed E-state index contributed by atoms with van der Waals surface area (Å²) < 4.78 is 25.3. The second-order valence-corrected chi connectivity index (χ2v) is 8.34. The van der Waals surface area contributed by atoms with E-state index in [0.29, 0.717) is 34.1 Å². The van der Waals surface area contributed by atoms with Crippen LogP contribution in [0.5, 0.6) is 11.5 Å². The molecule has 0 bridgehead atoms. The van der Waals surface area contributed by atoms with Crippen molar-refractivity contribution >= 4 is 23.5 Å². The lowest BCUT2D eigenvalue weighted by molar-refractivity contribution is -0.113. The first-order chi connectivity index (χ1) is 17.9. The number of hydrogen-bond acceptors (Lipinski definition) is 6. The normalized spacial score (nSPS) is 16.1. The Labute approximate surface area is 210 Å². The zero-order valence-corrected chi connectivity index (χ0v) is 19.6. The Hall–Kier alpha value is -4.93. The number of amides is 4. The molecule has 1 aromatic heterocycles. The minimum atomic E-state index is -0.939. The van der Waals surface area contributed by atoms with E-state index in [2.05, 4.69) is 26.3 Å². The van der Waals surface area contributed by atoms with Gasteiger partial charge < -0.3 is 30.7 Å². The Bertz CT molecular complexity index is 1430. The standard InChI is InChI=1S/C26H22FN5O5/c1-14-22(25(34)31-16-6-8-20-21(11-16)37-13-36-20)23(32-26(35)30-14)15-5-7-19(27)18(10-15)24(33)29-12-17-4-2-3-9-28-17/h2-11,23H,12-13H2,1H3,(H,29,33)(H,31,34)(H2,30,32,35). The van der Waals surface area contributed by atoms with Gasteiger partial charge in [-0.25, -0.2) is 9.18 Å². The molecule has 2 aliphatic rings. The molecule has 1 unspecified atom stereocenters. The highest BCUT2D eigenvalue weighted by Gasteiger charge is 2.32. The van der Waals surface area contributed by atoms with Gasteiger partial charge in [0.05, 0.1) is 29.4 Å². The van der Waals surface area contributed by atoms with Gasteiger partial charge in [-0.2, -0.15) is 0 Å². The maximum atomic E-state index is 14.6. The summed E-state index contributed by atoms with van der Waals surface area (Å²) in [5.41, 5.74) is 1.71. The highest BCUT2D eigenvalue weighted by atomic mass is 19.1. The number of urea groups is 1. The van der Waals surface area contributed by atoms with Crippen molar-refractivity contribution in [3.63, 3.8) is 0 Å². The third-order valence-corrected chi connectivity index (χ3v) is 5.87. The van der Waals surface area contributed by atoms with Crippen molar-refractivity contribution in [1.82, 2.24) is 20.9 Å². The van der Waals surface area contributed by atoms with Gasteiger partial charge in [0.25, 0.3) is 11.8 Å². The van der Waals surface area contributed by atoms with E-state index in [-0.39, 0.29) is 24.5 Å². The number of carbonyl (C=O) groups excluding carboxylic acids is 3. The Morgan fingerprint density at radius 3 is 2.73 bits per heavy atom. The molecule has 1 atom stereocenters. The number of rotatable bonds is 6. The SMILES string of the molecule is CC1=C(C(=O)Nc2ccc3c(c2)OCO3)C(c2ccc(F)c(C(=O)NCc3ccccn3)c2)NC(=O)N1. The van der Waals surface area contributed by atoms with E-state index in [9.17, 15) is 18.8 Å². The fraction of sp³-hybridized carbons (Fsp3) is 0.154. The average molecular weight is 503 g/mol. The largest absolute Gasteiger partial charge is 0.454 e. The first-order valence-corrected chi connectivity index (χ1v) is 11.4. The van der Waals surface area contributed by atoms with Gasteiger partial charge in [-0.3, -0.25) is 14.6 Å². The molecule has 10 nitrogen and oxygen atoms in total. The lowest BCUT2D eigenvalue weighted by atomic mass is 9.93. The third kappa shape index (κ3) is 5.06. The first kappa shape index (κ1) is 23.8. The Morgan fingerprint density at radius 2 is 1.92 bits per heavy atom. The van der Waals surface area contributed by atoms with Crippen LogP contribution in [0.25, 0.3) is 0 Å². The second-order valence-electron chi connectivity index (χ2n) is 8.34. The molecule has 37 heavy (non-hydrogen) atoms. The number of benzene rings is 2. The Balaban J connectivity index is 1.40. The summed E-state index contributed by atoms with van der Waals surface area (Å²) >= 11 is 0. The molecule has 5 rings (SSSR count). The van der Waals surface area contributed by atoms with Crippen molar-refractivity contribution in [1.29, 1.82) is 0 Å². The smallest absolute Gasteiger partial charge is 0.319 e. The molecule has 4 amide bonds. The predicted molar refractivity (Wildman–Crippen MR) is 130 cm³/mol. The van der Waals surface area contributed by atoms with Crippen LogP contribution in [0.1, 0.15) is 34.6 Å². The molecule has 3 aromatic rings. The molecule has 0 saturated carbocycles. The zero-order chi connectivity index (χ0) is 25.9. The number of nitrogens with zero attached hydrogens (tertiary/aromatic N) is 1. The lowest BCUT2D eigenvalue weighted by Crippen LogP contribution is -2.46. The van der Waals surface area contributed by atoms with Gasteiger partial charge in [0.2, 0.25) is 6.79 Å². The molecule has 3 heterocycles. The van der Waals surface area contributed by atoms with Crippen molar-refractivity contribution in [2.75, 3.05) is 12.1 Å². The molecule has 0 saturated heterocycles. The van der Waals surface area contributed by atoms with Gasteiger partial charge in [-0.15, -0.1) is 0 Å². The quantitative estimate of drug-likeness (QED) is 0.409. The topological polar surface area (TPSA) is 131 Å². The monoisotopic (exact) mass is 503 g/mol. The molecule has 0 spiro atoms. The van der Waals surface area contributed by atoms with Gasteiger partial charge in [-0.05, 0) is 48.9 Å². The summed E-state index contributed by atoms with van der Waals surface area (Å²) in [4.78, 5) is 42.5.